The van der Waals surface area contributed by atoms with Crippen LogP contribution in [-0.2, 0) is 9.47 Å². The minimum atomic E-state index is 0.420. The van der Waals surface area contributed by atoms with Gasteiger partial charge in [0.05, 0.1) is 12.7 Å². The van der Waals surface area contributed by atoms with E-state index < -0.39 is 0 Å². The van der Waals surface area contributed by atoms with Gasteiger partial charge in [0.1, 0.15) is 0 Å². The summed E-state index contributed by atoms with van der Waals surface area (Å²) in [5.41, 5.74) is 0. The topological polar surface area (TPSA) is 18.5 Å². The standard InChI is InChI=1S/C9H18O2/c1-7(2)8-6-11-5-4-9(8)10-3/h7-9H,4-6H2,1-3H3. The summed E-state index contributed by atoms with van der Waals surface area (Å²) in [5, 5.41) is 0. The van der Waals surface area contributed by atoms with Gasteiger partial charge in [-0.3, -0.25) is 0 Å². The molecule has 1 heterocycles. The Morgan fingerprint density at radius 3 is 2.64 bits per heavy atom. The molecule has 1 rings (SSSR count). The number of ether oxygens (including phenoxy) is 2. The highest BCUT2D eigenvalue weighted by atomic mass is 16.5. The van der Waals surface area contributed by atoms with Crippen LogP contribution in [-0.4, -0.2) is 26.4 Å². The quantitative estimate of drug-likeness (QED) is 0.609. The maximum atomic E-state index is 5.40. The Hall–Kier alpha value is -0.0800. The molecule has 2 atom stereocenters. The van der Waals surface area contributed by atoms with Crippen molar-refractivity contribution in [3.63, 3.8) is 0 Å². The normalized spacial score (nSPS) is 32.7. The van der Waals surface area contributed by atoms with Crippen molar-refractivity contribution in [2.24, 2.45) is 11.8 Å². The monoisotopic (exact) mass is 158 g/mol. The summed E-state index contributed by atoms with van der Waals surface area (Å²) in [6.07, 6.45) is 1.48. The third-order valence-corrected chi connectivity index (χ3v) is 2.49. The summed E-state index contributed by atoms with van der Waals surface area (Å²) in [6.45, 7) is 6.19. The van der Waals surface area contributed by atoms with Crippen LogP contribution >= 0.6 is 0 Å². The van der Waals surface area contributed by atoms with Crippen molar-refractivity contribution in [1.82, 2.24) is 0 Å². The van der Waals surface area contributed by atoms with Gasteiger partial charge in [-0.05, 0) is 12.3 Å². The molecule has 0 bridgehead atoms. The molecule has 0 aromatic carbocycles. The van der Waals surface area contributed by atoms with Crippen molar-refractivity contribution < 1.29 is 9.47 Å². The third-order valence-electron chi connectivity index (χ3n) is 2.49. The van der Waals surface area contributed by atoms with Crippen LogP contribution in [0.2, 0.25) is 0 Å². The van der Waals surface area contributed by atoms with Crippen LogP contribution in [0.3, 0.4) is 0 Å². The average Bonchev–Trinajstić information content (AvgIpc) is 2.04. The van der Waals surface area contributed by atoms with E-state index in [1.165, 1.54) is 0 Å². The Kier molecular flexibility index (Phi) is 3.34. The largest absolute Gasteiger partial charge is 0.381 e. The SMILES string of the molecule is COC1CCOCC1C(C)C. The molecule has 0 aromatic heterocycles. The smallest absolute Gasteiger partial charge is 0.0645 e. The summed E-state index contributed by atoms with van der Waals surface area (Å²) in [4.78, 5) is 0. The molecule has 0 aromatic rings. The van der Waals surface area contributed by atoms with E-state index in [-0.39, 0.29) is 0 Å². The Morgan fingerprint density at radius 1 is 1.45 bits per heavy atom. The van der Waals surface area contributed by atoms with Crippen molar-refractivity contribution in [3.8, 4) is 0 Å². The second-order valence-electron chi connectivity index (χ2n) is 3.55. The Bertz CT molecular complexity index is 112. The van der Waals surface area contributed by atoms with Gasteiger partial charge in [0.25, 0.3) is 0 Å². The minimum Gasteiger partial charge on any atom is -0.381 e. The van der Waals surface area contributed by atoms with Crippen LogP contribution in [0.1, 0.15) is 20.3 Å². The van der Waals surface area contributed by atoms with Gasteiger partial charge in [-0.15, -0.1) is 0 Å². The Balaban J connectivity index is 2.44. The highest BCUT2D eigenvalue weighted by molar-refractivity contribution is 4.76. The highest BCUT2D eigenvalue weighted by Gasteiger charge is 2.27. The predicted molar refractivity (Wildman–Crippen MR) is 44.6 cm³/mol. The van der Waals surface area contributed by atoms with Gasteiger partial charge in [-0.25, -0.2) is 0 Å². The van der Waals surface area contributed by atoms with Gasteiger partial charge in [0, 0.05) is 19.6 Å². The maximum Gasteiger partial charge on any atom is 0.0645 e. The molecular formula is C9H18O2. The van der Waals surface area contributed by atoms with Crippen molar-refractivity contribution >= 4 is 0 Å². The zero-order chi connectivity index (χ0) is 8.27. The van der Waals surface area contributed by atoms with Crippen molar-refractivity contribution in [2.45, 2.75) is 26.4 Å². The molecule has 1 saturated heterocycles. The summed E-state index contributed by atoms with van der Waals surface area (Å²) in [5.74, 6) is 1.26. The molecule has 0 amide bonds. The van der Waals surface area contributed by atoms with Crippen LogP contribution in [0.15, 0.2) is 0 Å². The van der Waals surface area contributed by atoms with E-state index >= 15 is 0 Å². The first kappa shape index (κ1) is 9.01. The molecule has 2 heteroatoms. The Morgan fingerprint density at radius 2 is 2.18 bits per heavy atom. The van der Waals surface area contributed by atoms with Gasteiger partial charge in [-0.1, -0.05) is 13.8 Å². The first-order chi connectivity index (χ1) is 5.25. The summed E-state index contributed by atoms with van der Waals surface area (Å²) >= 11 is 0. The highest BCUT2D eigenvalue weighted by Crippen LogP contribution is 2.24. The first-order valence-corrected chi connectivity index (χ1v) is 4.36. The van der Waals surface area contributed by atoms with Crippen molar-refractivity contribution in [1.29, 1.82) is 0 Å². The van der Waals surface area contributed by atoms with E-state index in [0.717, 1.165) is 19.6 Å². The summed E-state index contributed by atoms with van der Waals surface area (Å²) < 4.78 is 10.8. The van der Waals surface area contributed by atoms with Crippen LogP contribution in [0.5, 0.6) is 0 Å². The van der Waals surface area contributed by atoms with Gasteiger partial charge in [0.2, 0.25) is 0 Å². The van der Waals surface area contributed by atoms with E-state index in [1.54, 1.807) is 7.11 Å². The molecular weight excluding hydrogens is 140 g/mol. The van der Waals surface area contributed by atoms with Gasteiger partial charge >= 0.3 is 0 Å². The molecule has 0 spiro atoms. The average molecular weight is 158 g/mol. The van der Waals surface area contributed by atoms with Crippen LogP contribution in [0, 0.1) is 11.8 Å². The molecule has 1 fully saturated rings. The fourth-order valence-corrected chi connectivity index (χ4v) is 1.65. The van der Waals surface area contributed by atoms with E-state index in [4.69, 9.17) is 9.47 Å². The van der Waals surface area contributed by atoms with Crippen LogP contribution in [0.4, 0.5) is 0 Å². The second-order valence-corrected chi connectivity index (χ2v) is 3.55. The van der Waals surface area contributed by atoms with E-state index in [1.807, 2.05) is 0 Å². The third kappa shape index (κ3) is 2.17. The first-order valence-electron chi connectivity index (χ1n) is 4.36. The van der Waals surface area contributed by atoms with Gasteiger partial charge in [-0.2, -0.15) is 0 Å². The second kappa shape index (κ2) is 4.07. The van der Waals surface area contributed by atoms with Gasteiger partial charge < -0.3 is 9.47 Å². The molecule has 66 valence electrons. The van der Waals surface area contributed by atoms with E-state index in [9.17, 15) is 0 Å². The molecule has 2 unspecified atom stereocenters. The molecule has 1 aliphatic heterocycles. The Labute approximate surface area is 68.9 Å². The van der Waals surface area contributed by atoms with Crippen LogP contribution in [0.25, 0.3) is 0 Å². The lowest BCUT2D eigenvalue weighted by atomic mass is 9.88. The fraction of sp³-hybridized carbons (Fsp3) is 1.00. The lowest BCUT2D eigenvalue weighted by Gasteiger charge is -2.32. The van der Waals surface area contributed by atoms with Crippen molar-refractivity contribution in [3.05, 3.63) is 0 Å². The predicted octanol–water partition coefficient (Wildman–Crippen LogP) is 1.69. The lowest BCUT2D eigenvalue weighted by molar-refractivity contribution is -0.0710. The molecule has 2 nitrogen and oxygen atoms in total. The molecule has 1 aliphatic rings. The molecule has 0 aliphatic carbocycles. The number of rotatable bonds is 2. The lowest BCUT2D eigenvalue weighted by Crippen LogP contribution is -2.36. The van der Waals surface area contributed by atoms with E-state index in [0.29, 0.717) is 17.9 Å². The number of methoxy groups -OCH3 is 1. The zero-order valence-corrected chi connectivity index (χ0v) is 7.67. The zero-order valence-electron chi connectivity index (χ0n) is 7.67. The molecule has 11 heavy (non-hydrogen) atoms. The molecule has 0 saturated carbocycles. The van der Waals surface area contributed by atoms with Gasteiger partial charge in [0.15, 0.2) is 0 Å². The minimum absolute atomic E-state index is 0.420. The summed E-state index contributed by atoms with van der Waals surface area (Å²) in [6, 6.07) is 0. The number of hydrogen-bond acceptors (Lipinski definition) is 2. The fourth-order valence-electron chi connectivity index (χ4n) is 1.65. The van der Waals surface area contributed by atoms with Crippen molar-refractivity contribution in [2.75, 3.05) is 20.3 Å². The maximum absolute atomic E-state index is 5.40. The number of hydrogen-bond donors (Lipinski definition) is 0. The van der Waals surface area contributed by atoms with Crippen LogP contribution < -0.4 is 0 Å². The summed E-state index contributed by atoms with van der Waals surface area (Å²) in [7, 11) is 1.80. The van der Waals surface area contributed by atoms with E-state index in [2.05, 4.69) is 13.8 Å². The molecule has 0 radical (unpaired) electrons. The molecule has 0 N–H and O–H groups in total.